The Labute approximate surface area is 142 Å². The van der Waals surface area contributed by atoms with Gasteiger partial charge < -0.3 is 9.47 Å². The molecule has 0 heterocycles. The topological polar surface area (TPSA) is 18.5 Å². The zero-order valence-electron chi connectivity index (χ0n) is 13.6. The molecule has 2 aromatic carbocycles. The van der Waals surface area contributed by atoms with E-state index in [-0.39, 0.29) is 0 Å². The van der Waals surface area contributed by atoms with Gasteiger partial charge in [0.25, 0.3) is 0 Å². The van der Waals surface area contributed by atoms with Gasteiger partial charge in [-0.05, 0) is 61.1 Å². The van der Waals surface area contributed by atoms with Gasteiger partial charge in [-0.3, -0.25) is 0 Å². The van der Waals surface area contributed by atoms with Gasteiger partial charge in [-0.15, -0.1) is 0 Å². The first-order chi connectivity index (χ1) is 11.2. The summed E-state index contributed by atoms with van der Waals surface area (Å²) in [5.41, 5.74) is 4.84. The second-order valence-electron chi connectivity index (χ2n) is 5.73. The minimum absolute atomic E-state index is 0.731. The van der Waals surface area contributed by atoms with Crippen molar-refractivity contribution in [1.82, 2.24) is 0 Å². The van der Waals surface area contributed by atoms with Gasteiger partial charge in [0.1, 0.15) is 11.5 Å². The summed E-state index contributed by atoms with van der Waals surface area (Å²) in [6.07, 6.45) is 4.72. The van der Waals surface area contributed by atoms with Crippen LogP contribution in [0.2, 0.25) is 5.02 Å². The molecule has 3 heteroatoms. The van der Waals surface area contributed by atoms with Crippen LogP contribution in [-0.4, -0.2) is 14.2 Å². The van der Waals surface area contributed by atoms with E-state index in [1.54, 1.807) is 14.2 Å². The Morgan fingerprint density at radius 1 is 0.913 bits per heavy atom. The van der Waals surface area contributed by atoms with Crippen LogP contribution in [0.5, 0.6) is 11.5 Å². The van der Waals surface area contributed by atoms with E-state index in [0.717, 1.165) is 40.5 Å². The fraction of sp³-hybridized carbons (Fsp3) is 0.300. The number of halogens is 1. The lowest BCUT2D eigenvalue weighted by Crippen LogP contribution is -1.98. The third-order valence-electron chi connectivity index (χ3n) is 4.38. The van der Waals surface area contributed by atoms with Crippen molar-refractivity contribution in [3.05, 3.63) is 64.2 Å². The molecule has 3 rings (SSSR count). The molecule has 1 aliphatic rings. The second-order valence-corrected chi connectivity index (χ2v) is 6.14. The predicted molar refractivity (Wildman–Crippen MR) is 95.5 cm³/mol. The van der Waals surface area contributed by atoms with E-state index in [1.807, 2.05) is 30.3 Å². The highest BCUT2D eigenvalue weighted by molar-refractivity contribution is 6.33. The van der Waals surface area contributed by atoms with Crippen LogP contribution in [0, 0.1) is 0 Å². The SMILES string of the molecule is COc1ccc(C(=C2CCCC2)c2c(Cl)cccc2OC)cc1. The molecular weight excluding hydrogens is 308 g/mol. The van der Waals surface area contributed by atoms with Crippen LogP contribution >= 0.6 is 11.6 Å². The van der Waals surface area contributed by atoms with E-state index in [4.69, 9.17) is 21.1 Å². The lowest BCUT2D eigenvalue weighted by atomic mass is 9.91. The Balaban J connectivity index is 2.20. The molecule has 0 radical (unpaired) electrons. The first-order valence-corrected chi connectivity index (χ1v) is 8.31. The molecular formula is C20H21ClO2. The van der Waals surface area contributed by atoms with Crippen molar-refractivity contribution >= 4 is 17.2 Å². The van der Waals surface area contributed by atoms with Gasteiger partial charge in [0.15, 0.2) is 0 Å². The van der Waals surface area contributed by atoms with Crippen LogP contribution in [0.25, 0.3) is 5.57 Å². The summed E-state index contributed by atoms with van der Waals surface area (Å²) in [6.45, 7) is 0. The van der Waals surface area contributed by atoms with Crippen molar-refractivity contribution in [2.24, 2.45) is 0 Å². The molecule has 2 nitrogen and oxygen atoms in total. The zero-order chi connectivity index (χ0) is 16.2. The Morgan fingerprint density at radius 2 is 1.61 bits per heavy atom. The third-order valence-corrected chi connectivity index (χ3v) is 4.70. The molecule has 1 aliphatic carbocycles. The number of methoxy groups -OCH3 is 2. The summed E-state index contributed by atoms with van der Waals surface area (Å²) in [7, 11) is 3.38. The lowest BCUT2D eigenvalue weighted by Gasteiger charge is -2.18. The molecule has 0 N–H and O–H groups in total. The van der Waals surface area contributed by atoms with Gasteiger partial charge in [-0.25, -0.2) is 0 Å². The molecule has 0 aromatic heterocycles. The second kappa shape index (κ2) is 7.10. The molecule has 0 amide bonds. The number of allylic oxidation sites excluding steroid dienone is 1. The summed E-state index contributed by atoms with van der Waals surface area (Å²) in [5, 5.41) is 0.731. The van der Waals surface area contributed by atoms with Gasteiger partial charge in [-0.2, -0.15) is 0 Å². The van der Waals surface area contributed by atoms with Gasteiger partial charge in [0, 0.05) is 5.56 Å². The number of rotatable bonds is 4. The maximum atomic E-state index is 6.55. The molecule has 0 saturated heterocycles. The summed E-state index contributed by atoms with van der Waals surface area (Å²) in [5.74, 6) is 1.68. The van der Waals surface area contributed by atoms with Crippen molar-refractivity contribution in [2.75, 3.05) is 14.2 Å². The maximum absolute atomic E-state index is 6.55. The summed E-state index contributed by atoms with van der Waals surface area (Å²) in [6, 6.07) is 14.0. The highest BCUT2D eigenvalue weighted by Gasteiger charge is 2.21. The Hall–Kier alpha value is -1.93. The van der Waals surface area contributed by atoms with Gasteiger partial charge >= 0.3 is 0 Å². The standard InChI is InChI=1S/C20H21ClO2/c1-22-16-12-10-15(11-13-16)19(14-6-3-4-7-14)20-17(21)8-5-9-18(20)23-2/h5,8-13H,3-4,6-7H2,1-2H3. The average molecular weight is 329 g/mol. The zero-order valence-corrected chi connectivity index (χ0v) is 14.3. The van der Waals surface area contributed by atoms with Crippen molar-refractivity contribution in [3.63, 3.8) is 0 Å². The molecule has 0 bridgehead atoms. The van der Waals surface area contributed by atoms with Crippen LogP contribution in [0.15, 0.2) is 48.0 Å². The van der Waals surface area contributed by atoms with Crippen LogP contribution in [0.3, 0.4) is 0 Å². The molecule has 1 saturated carbocycles. The first-order valence-electron chi connectivity index (χ1n) is 7.94. The lowest BCUT2D eigenvalue weighted by molar-refractivity contribution is 0.413. The van der Waals surface area contributed by atoms with Crippen molar-refractivity contribution in [1.29, 1.82) is 0 Å². The number of hydrogen-bond donors (Lipinski definition) is 0. The number of hydrogen-bond acceptors (Lipinski definition) is 2. The highest BCUT2D eigenvalue weighted by atomic mass is 35.5. The number of benzene rings is 2. The first kappa shape index (κ1) is 15.9. The van der Waals surface area contributed by atoms with Crippen LogP contribution < -0.4 is 9.47 Å². The fourth-order valence-electron chi connectivity index (χ4n) is 3.25. The third kappa shape index (κ3) is 3.23. The molecule has 23 heavy (non-hydrogen) atoms. The quantitative estimate of drug-likeness (QED) is 0.713. The van der Waals surface area contributed by atoms with Crippen LogP contribution in [-0.2, 0) is 0 Å². The van der Waals surface area contributed by atoms with Gasteiger partial charge in [0.2, 0.25) is 0 Å². The molecule has 120 valence electrons. The van der Waals surface area contributed by atoms with E-state index in [1.165, 1.54) is 24.0 Å². The number of ether oxygens (including phenoxy) is 2. The van der Waals surface area contributed by atoms with Gasteiger partial charge in [0.05, 0.1) is 19.2 Å². The molecule has 0 aliphatic heterocycles. The maximum Gasteiger partial charge on any atom is 0.128 e. The Morgan fingerprint density at radius 3 is 2.22 bits per heavy atom. The predicted octanol–water partition coefficient (Wildman–Crippen LogP) is 5.73. The van der Waals surface area contributed by atoms with Crippen LogP contribution in [0.4, 0.5) is 0 Å². The minimum Gasteiger partial charge on any atom is -0.497 e. The van der Waals surface area contributed by atoms with E-state index in [9.17, 15) is 0 Å². The molecule has 0 atom stereocenters. The fourth-order valence-corrected chi connectivity index (χ4v) is 3.51. The van der Waals surface area contributed by atoms with Crippen LogP contribution in [0.1, 0.15) is 36.8 Å². The summed E-state index contributed by atoms with van der Waals surface area (Å²) >= 11 is 6.55. The van der Waals surface area contributed by atoms with Crippen molar-refractivity contribution < 1.29 is 9.47 Å². The molecule has 0 spiro atoms. The molecule has 2 aromatic rings. The van der Waals surface area contributed by atoms with Crippen molar-refractivity contribution in [3.8, 4) is 11.5 Å². The smallest absolute Gasteiger partial charge is 0.128 e. The van der Waals surface area contributed by atoms with Crippen molar-refractivity contribution in [2.45, 2.75) is 25.7 Å². The largest absolute Gasteiger partial charge is 0.497 e. The Kier molecular flexibility index (Phi) is 4.92. The highest BCUT2D eigenvalue weighted by Crippen LogP contribution is 2.42. The monoisotopic (exact) mass is 328 g/mol. The van der Waals surface area contributed by atoms with E-state index < -0.39 is 0 Å². The van der Waals surface area contributed by atoms with E-state index in [2.05, 4.69) is 12.1 Å². The molecule has 0 unspecified atom stereocenters. The van der Waals surface area contributed by atoms with E-state index >= 15 is 0 Å². The van der Waals surface area contributed by atoms with E-state index in [0.29, 0.717) is 0 Å². The normalized spacial score (nSPS) is 14.0. The summed E-state index contributed by atoms with van der Waals surface area (Å²) in [4.78, 5) is 0. The van der Waals surface area contributed by atoms with Gasteiger partial charge in [-0.1, -0.05) is 35.4 Å². The summed E-state index contributed by atoms with van der Waals surface area (Å²) < 4.78 is 10.9. The minimum atomic E-state index is 0.731. The average Bonchev–Trinajstić information content (AvgIpc) is 3.11. The molecule has 1 fully saturated rings. The Bertz CT molecular complexity index is 709.